The van der Waals surface area contributed by atoms with Crippen LogP contribution in [0.1, 0.15) is 31.0 Å². The first-order valence-electron chi connectivity index (χ1n) is 8.47. The molecular weight excluding hydrogens is 336 g/mol. The maximum atomic E-state index is 10.6. The van der Waals surface area contributed by atoms with Crippen molar-refractivity contribution in [1.29, 1.82) is 0 Å². The second kappa shape index (κ2) is 9.45. The average molecular weight is 360 g/mol. The molecule has 0 saturated carbocycles. The number of nitrogen functional groups attached to an aromatic ring is 2. The normalized spacial score (nSPS) is 10.5. The van der Waals surface area contributed by atoms with Gasteiger partial charge in [-0.1, -0.05) is 19.1 Å². The van der Waals surface area contributed by atoms with Crippen LogP contribution in [0, 0.1) is 0 Å². The Labute approximate surface area is 152 Å². The Balaban J connectivity index is 1.75. The molecule has 0 saturated heterocycles. The Morgan fingerprint density at radius 1 is 1.12 bits per heavy atom. The number of benzene rings is 1. The van der Waals surface area contributed by atoms with Gasteiger partial charge in [-0.25, -0.2) is 4.98 Å². The van der Waals surface area contributed by atoms with Gasteiger partial charge in [-0.2, -0.15) is 4.98 Å². The first kappa shape index (κ1) is 19.3. The van der Waals surface area contributed by atoms with E-state index in [-0.39, 0.29) is 18.2 Å². The molecule has 0 amide bonds. The van der Waals surface area contributed by atoms with Gasteiger partial charge in [0.25, 0.3) is 0 Å². The maximum absolute atomic E-state index is 10.6. The summed E-state index contributed by atoms with van der Waals surface area (Å²) in [5.74, 6) is 0.788. The second-order valence-electron chi connectivity index (χ2n) is 5.68. The number of carboxylic acid groups (broad SMARTS) is 1. The fourth-order valence-electron chi connectivity index (χ4n) is 2.36. The van der Waals surface area contributed by atoms with Crippen LogP contribution in [-0.4, -0.2) is 34.3 Å². The number of hydrogen-bond acceptors (Lipinski definition) is 7. The molecule has 0 aliphatic carbocycles. The minimum absolute atomic E-state index is 0.120. The highest BCUT2D eigenvalue weighted by atomic mass is 16.5. The zero-order valence-electron chi connectivity index (χ0n) is 14.8. The molecule has 2 aromatic rings. The van der Waals surface area contributed by atoms with Crippen molar-refractivity contribution in [2.45, 2.75) is 32.6 Å². The number of rotatable bonds is 10. The molecule has 0 fully saturated rings. The molecule has 0 unspecified atom stereocenters. The zero-order valence-corrected chi connectivity index (χ0v) is 14.8. The van der Waals surface area contributed by atoms with E-state index in [0.717, 1.165) is 11.3 Å². The molecule has 1 heterocycles. The van der Waals surface area contributed by atoms with Gasteiger partial charge in [0.05, 0.1) is 18.9 Å². The predicted octanol–water partition coefficient (Wildman–Crippen LogP) is 2.07. The lowest BCUT2D eigenvalue weighted by molar-refractivity contribution is -0.136. The van der Waals surface area contributed by atoms with Crippen LogP contribution >= 0.6 is 0 Å². The van der Waals surface area contributed by atoms with Gasteiger partial charge in [0, 0.05) is 12.8 Å². The summed E-state index contributed by atoms with van der Waals surface area (Å²) >= 11 is 0. The summed E-state index contributed by atoms with van der Waals surface area (Å²) in [4.78, 5) is 18.6. The SMILES string of the molecule is CCc1nc(N)nc(N)c1OCCCOc1ccc(CCC(=O)O)cc1. The molecule has 0 radical (unpaired) electrons. The standard InChI is InChI=1S/C18H24N4O4/c1-2-14-16(17(19)22-18(20)21-14)26-11-3-10-25-13-7-4-12(5-8-13)6-9-15(23)24/h4-5,7-8H,2-3,6,9-11H2,1H3,(H,23,24)(H4,19,20,21,22). The Bertz CT molecular complexity index is 735. The Morgan fingerprint density at radius 2 is 1.81 bits per heavy atom. The van der Waals surface area contributed by atoms with E-state index in [0.29, 0.717) is 43.9 Å². The monoisotopic (exact) mass is 360 g/mol. The first-order chi connectivity index (χ1) is 12.5. The van der Waals surface area contributed by atoms with Crippen molar-refractivity contribution < 1.29 is 19.4 Å². The third kappa shape index (κ3) is 5.80. The topological polar surface area (TPSA) is 134 Å². The summed E-state index contributed by atoms with van der Waals surface area (Å²) in [5.41, 5.74) is 13.1. The molecule has 2 rings (SSSR count). The molecule has 1 aromatic carbocycles. The summed E-state index contributed by atoms with van der Waals surface area (Å²) in [7, 11) is 0. The fraction of sp³-hybridized carbons (Fsp3) is 0.389. The van der Waals surface area contributed by atoms with Crippen LogP contribution in [0.2, 0.25) is 0 Å². The van der Waals surface area contributed by atoms with Crippen molar-refractivity contribution in [3.63, 3.8) is 0 Å². The van der Waals surface area contributed by atoms with Crippen molar-refractivity contribution in [2.24, 2.45) is 0 Å². The minimum atomic E-state index is -0.802. The van der Waals surface area contributed by atoms with Gasteiger partial charge in [0.1, 0.15) is 5.75 Å². The second-order valence-corrected chi connectivity index (χ2v) is 5.68. The summed E-state index contributed by atoms with van der Waals surface area (Å²) in [6.45, 7) is 2.84. The van der Waals surface area contributed by atoms with E-state index in [2.05, 4.69) is 9.97 Å². The van der Waals surface area contributed by atoms with Crippen LogP contribution in [0.5, 0.6) is 11.5 Å². The molecule has 1 aromatic heterocycles. The highest BCUT2D eigenvalue weighted by molar-refractivity contribution is 5.67. The quantitative estimate of drug-likeness (QED) is 0.548. The number of hydrogen-bond donors (Lipinski definition) is 3. The van der Waals surface area contributed by atoms with Gasteiger partial charge in [-0.05, 0) is 30.5 Å². The van der Waals surface area contributed by atoms with E-state index in [1.54, 1.807) is 0 Å². The summed E-state index contributed by atoms with van der Waals surface area (Å²) < 4.78 is 11.3. The van der Waals surface area contributed by atoms with Gasteiger partial charge in [0.2, 0.25) is 5.95 Å². The smallest absolute Gasteiger partial charge is 0.303 e. The zero-order chi connectivity index (χ0) is 18.9. The molecule has 0 spiro atoms. The summed E-state index contributed by atoms with van der Waals surface area (Å²) in [6, 6.07) is 7.40. The maximum Gasteiger partial charge on any atom is 0.303 e. The van der Waals surface area contributed by atoms with E-state index in [9.17, 15) is 4.79 Å². The number of aryl methyl sites for hydroxylation is 2. The lowest BCUT2D eigenvalue weighted by atomic mass is 10.1. The van der Waals surface area contributed by atoms with E-state index in [1.165, 1.54) is 0 Å². The Morgan fingerprint density at radius 3 is 2.46 bits per heavy atom. The number of ether oxygens (including phenoxy) is 2. The largest absolute Gasteiger partial charge is 0.493 e. The van der Waals surface area contributed by atoms with E-state index < -0.39 is 5.97 Å². The van der Waals surface area contributed by atoms with Crippen LogP contribution < -0.4 is 20.9 Å². The summed E-state index contributed by atoms with van der Waals surface area (Å²) in [5, 5.41) is 8.68. The number of aromatic nitrogens is 2. The Hall–Kier alpha value is -3.03. The molecule has 0 aliphatic heterocycles. The lowest BCUT2D eigenvalue weighted by Gasteiger charge is -2.12. The first-order valence-corrected chi connectivity index (χ1v) is 8.47. The van der Waals surface area contributed by atoms with Crippen molar-refractivity contribution >= 4 is 17.7 Å². The van der Waals surface area contributed by atoms with E-state index in [4.69, 9.17) is 26.0 Å². The number of carboxylic acids is 1. The van der Waals surface area contributed by atoms with Crippen LogP contribution in [0.4, 0.5) is 11.8 Å². The molecule has 0 aliphatic rings. The number of nitrogens with two attached hydrogens (primary N) is 2. The number of carbonyl (C=O) groups is 1. The third-order valence-electron chi connectivity index (χ3n) is 3.67. The number of anilines is 2. The Kier molecular flexibility index (Phi) is 7.02. The molecule has 0 bridgehead atoms. The molecular formula is C18H24N4O4. The average Bonchev–Trinajstić information content (AvgIpc) is 2.61. The molecule has 8 nitrogen and oxygen atoms in total. The summed E-state index contributed by atoms with van der Waals surface area (Å²) in [6.07, 6.45) is 1.94. The van der Waals surface area contributed by atoms with Crippen molar-refractivity contribution in [1.82, 2.24) is 9.97 Å². The number of aliphatic carboxylic acids is 1. The van der Waals surface area contributed by atoms with Gasteiger partial charge in [0.15, 0.2) is 11.6 Å². The van der Waals surface area contributed by atoms with Crippen LogP contribution in [-0.2, 0) is 17.6 Å². The highest BCUT2D eigenvalue weighted by Crippen LogP contribution is 2.24. The highest BCUT2D eigenvalue weighted by Gasteiger charge is 2.11. The predicted molar refractivity (Wildman–Crippen MR) is 98.2 cm³/mol. The van der Waals surface area contributed by atoms with Gasteiger partial charge in [-0.3, -0.25) is 4.79 Å². The lowest BCUT2D eigenvalue weighted by Crippen LogP contribution is -2.11. The number of nitrogens with zero attached hydrogens (tertiary/aromatic N) is 2. The third-order valence-corrected chi connectivity index (χ3v) is 3.67. The van der Waals surface area contributed by atoms with E-state index in [1.807, 2.05) is 31.2 Å². The molecule has 0 atom stereocenters. The fourth-order valence-corrected chi connectivity index (χ4v) is 2.36. The van der Waals surface area contributed by atoms with Crippen LogP contribution in [0.15, 0.2) is 24.3 Å². The van der Waals surface area contributed by atoms with Crippen molar-refractivity contribution in [3.8, 4) is 11.5 Å². The van der Waals surface area contributed by atoms with Crippen LogP contribution in [0.25, 0.3) is 0 Å². The minimum Gasteiger partial charge on any atom is -0.493 e. The van der Waals surface area contributed by atoms with Gasteiger partial charge < -0.3 is 26.0 Å². The molecule has 26 heavy (non-hydrogen) atoms. The van der Waals surface area contributed by atoms with Crippen molar-refractivity contribution in [2.75, 3.05) is 24.7 Å². The molecule has 140 valence electrons. The van der Waals surface area contributed by atoms with Crippen molar-refractivity contribution in [3.05, 3.63) is 35.5 Å². The molecule has 5 N–H and O–H groups in total. The van der Waals surface area contributed by atoms with Gasteiger partial charge >= 0.3 is 5.97 Å². The van der Waals surface area contributed by atoms with Crippen LogP contribution in [0.3, 0.4) is 0 Å². The molecule has 8 heteroatoms. The van der Waals surface area contributed by atoms with E-state index >= 15 is 0 Å². The van der Waals surface area contributed by atoms with Gasteiger partial charge in [-0.15, -0.1) is 0 Å².